The lowest BCUT2D eigenvalue weighted by atomic mass is 9.93. The van der Waals surface area contributed by atoms with E-state index < -0.39 is 11.9 Å². The first-order valence-electron chi connectivity index (χ1n) is 7.71. The van der Waals surface area contributed by atoms with Crippen molar-refractivity contribution in [2.24, 2.45) is 5.73 Å². The Morgan fingerprint density at radius 1 is 1.35 bits per heavy atom. The maximum atomic E-state index is 12.8. The molecule has 1 atom stereocenters. The van der Waals surface area contributed by atoms with Crippen LogP contribution in [0.4, 0.5) is 0 Å². The summed E-state index contributed by atoms with van der Waals surface area (Å²) in [5.74, 6) is -0.696. The third kappa shape index (κ3) is 3.12. The van der Waals surface area contributed by atoms with E-state index in [0.717, 1.165) is 29.0 Å². The minimum Gasteiger partial charge on any atom is -0.368 e. The average molecular weight is 329 g/mol. The van der Waals surface area contributed by atoms with Crippen LogP contribution in [0, 0.1) is 0 Å². The summed E-state index contributed by atoms with van der Waals surface area (Å²) < 4.78 is 0. The van der Waals surface area contributed by atoms with Gasteiger partial charge in [0.1, 0.15) is 11.7 Å². The van der Waals surface area contributed by atoms with Gasteiger partial charge in [-0.3, -0.25) is 9.59 Å². The summed E-state index contributed by atoms with van der Waals surface area (Å²) in [6, 6.07) is 7.22. The topological polar surface area (TPSA) is 76.3 Å². The minimum absolute atomic E-state index is 0.220. The summed E-state index contributed by atoms with van der Waals surface area (Å²) in [5.41, 5.74) is 8.07. The molecular formula is C17H19N3O2S. The van der Waals surface area contributed by atoms with Crippen LogP contribution in [0.2, 0.25) is 0 Å². The molecule has 2 N–H and O–H groups in total. The predicted molar refractivity (Wildman–Crippen MR) is 89.1 cm³/mol. The number of thiazole rings is 1. The van der Waals surface area contributed by atoms with E-state index in [-0.39, 0.29) is 5.91 Å². The molecule has 2 heterocycles. The molecule has 1 aromatic heterocycles. The lowest BCUT2D eigenvalue weighted by Gasteiger charge is -2.34. The smallest absolute Gasteiger partial charge is 0.274 e. The molecule has 0 fully saturated rings. The molecule has 0 radical (unpaired) electrons. The first-order valence-corrected chi connectivity index (χ1v) is 8.59. The van der Waals surface area contributed by atoms with Gasteiger partial charge in [-0.2, -0.15) is 0 Å². The molecule has 1 aromatic carbocycles. The standard InChI is InChI=1S/C17H19N3O2S/c1-2-5-15-19-13(10-23-15)17(22)20-9-12-7-4-3-6-11(12)8-14(20)16(18)21/h3-4,6-7,10,14H,2,5,8-9H2,1H3,(H2,18,21)/t14-/m0/s1. The van der Waals surface area contributed by atoms with Crippen molar-refractivity contribution in [3.63, 3.8) is 0 Å². The van der Waals surface area contributed by atoms with Gasteiger partial charge in [-0.05, 0) is 24.0 Å². The van der Waals surface area contributed by atoms with Crippen LogP contribution < -0.4 is 5.73 Å². The van der Waals surface area contributed by atoms with Crippen molar-refractivity contribution in [3.05, 3.63) is 51.5 Å². The van der Waals surface area contributed by atoms with Gasteiger partial charge in [0, 0.05) is 18.3 Å². The largest absolute Gasteiger partial charge is 0.368 e. The third-order valence-electron chi connectivity index (χ3n) is 4.07. The Morgan fingerprint density at radius 2 is 2.09 bits per heavy atom. The number of primary amides is 1. The Labute approximate surface area is 139 Å². The van der Waals surface area contributed by atoms with Gasteiger partial charge in [-0.15, -0.1) is 11.3 Å². The predicted octanol–water partition coefficient (Wildman–Crippen LogP) is 2.15. The van der Waals surface area contributed by atoms with Gasteiger partial charge in [0.25, 0.3) is 5.91 Å². The summed E-state index contributed by atoms with van der Waals surface area (Å²) in [5, 5.41) is 2.72. The number of carbonyl (C=O) groups excluding carboxylic acids is 2. The molecule has 3 rings (SSSR count). The summed E-state index contributed by atoms with van der Waals surface area (Å²) in [7, 11) is 0. The first kappa shape index (κ1) is 15.7. The molecule has 5 nitrogen and oxygen atoms in total. The van der Waals surface area contributed by atoms with Gasteiger partial charge >= 0.3 is 0 Å². The number of aromatic nitrogens is 1. The van der Waals surface area contributed by atoms with E-state index in [1.54, 1.807) is 10.3 Å². The van der Waals surface area contributed by atoms with Crippen LogP contribution in [0.3, 0.4) is 0 Å². The van der Waals surface area contributed by atoms with Crippen LogP contribution >= 0.6 is 11.3 Å². The van der Waals surface area contributed by atoms with Gasteiger partial charge in [0.05, 0.1) is 5.01 Å². The first-order chi connectivity index (χ1) is 11.1. The molecule has 1 aliphatic heterocycles. The molecule has 120 valence electrons. The van der Waals surface area contributed by atoms with Crippen LogP contribution in [0.1, 0.15) is 40.0 Å². The van der Waals surface area contributed by atoms with Crippen molar-refractivity contribution < 1.29 is 9.59 Å². The van der Waals surface area contributed by atoms with Gasteiger partial charge in [-0.25, -0.2) is 4.98 Å². The number of aryl methyl sites for hydroxylation is 1. The number of fused-ring (bicyclic) bond motifs is 1. The van der Waals surface area contributed by atoms with Gasteiger partial charge in [-0.1, -0.05) is 31.2 Å². The Kier molecular flexibility index (Phi) is 4.43. The molecule has 6 heteroatoms. The molecule has 0 unspecified atom stereocenters. The summed E-state index contributed by atoms with van der Waals surface area (Å²) in [6.07, 6.45) is 2.31. The summed E-state index contributed by atoms with van der Waals surface area (Å²) >= 11 is 1.49. The zero-order chi connectivity index (χ0) is 16.4. The molecule has 2 aromatic rings. The van der Waals surface area contributed by atoms with E-state index >= 15 is 0 Å². The normalized spacial score (nSPS) is 16.9. The molecular weight excluding hydrogens is 310 g/mol. The number of benzene rings is 1. The Balaban J connectivity index is 1.89. The van der Waals surface area contributed by atoms with Crippen LogP contribution in [0.25, 0.3) is 0 Å². The Bertz CT molecular complexity index is 741. The summed E-state index contributed by atoms with van der Waals surface area (Å²) in [6.45, 7) is 2.47. The van der Waals surface area contributed by atoms with Crippen molar-refractivity contribution in [2.75, 3.05) is 0 Å². The van der Waals surface area contributed by atoms with Crippen LogP contribution in [0.5, 0.6) is 0 Å². The van der Waals surface area contributed by atoms with Crippen molar-refractivity contribution in [3.8, 4) is 0 Å². The second kappa shape index (κ2) is 6.50. The lowest BCUT2D eigenvalue weighted by Crippen LogP contribution is -2.51. The van der Waals surface area contributed by atoms with Crippen molar-refractivity contribution in [1.29, 1.82) is 0 Å². The molecule has 2 amide bonds. The van der Waals surface area contributed by atoms with Gasteiger partial charge < -0.3 is 10.6 Å². The zero-order valence-corrected chi connectivity index (χ0v) is 13.8. The van der Waals surface area contributed by atoms with E-state index in [9.17, 15) is 9.59 Å². The Morgan fingerprint density at radius 3 is 2.78 bits per heavy atom. The fraction of sp³-hybridized carbons (Fsp3) is 0.353. The molecule has 23 heavy (non-hydrogen) atoms. The van der Waals surface area contributed by atoms with Crippen molar-refractivity contribution >= 4 is 23.2 Å². The fourth-order valence-corrected chi connectivity index (χ4v) is 3.75. The van der Waals surface area contributed by atoms with Gasteiger partial charge in [0.2, 0.25) is 5.91 Å². The highest BCUT2D eigenvalue weighted by Crippen LogP contribution is 2.25. The number of hydrogen-bond acceptors (Lipinski definition) is 4. The van der Waals surface area contributed by atoms with E-state index in [1.807, 2.05) is 24.3 Å². The van der Waals surface area contributed by atoms with Crippen molar-refractivity contribution in [2.45, 2.75) is 38.8 Å². The van der Waals surface area contributed by atoms with Crippen LogP contribution in [-0.2, 0) is 24.2 Å². The van der Waals surface area contributed by atoms with E-state index in [1.165, 1.54) is 11.3 Å². The highest BCUT2D eigenvalue weighted by molar-refractivity contribution is 7.09. The maximum Gasteiger partial charge on any atom is 0.274 e. The second-order valence-electron chi connectivity index (χ2n) is 5.70. The highest BCUT2D eigenvalue weighted by Gasteiger charge is 2.34. The molecule has 1 aliphatic rings. The quantitative estimate of drug-likeness (QED) is 0.934. The number of nitrogens with zero attached hydrogens (tertiary/aromatic N) is 2. The molecule has 0 spiro atoms. The molecule has 0 saturated carbocycles. The number of carbonyl (C=O) groups is 2. The number of hydrogen-bond donors (Lipinski definition) is 1. The minimum atomic E-state index is -0.617. The third-order valence-corrected chi connectivity index (χ3v) is 4.98. The number of nitrogens with two attached hydrogens (primary N) is 1. The Hall–Kier alpha value is -2.21. The molecule has 0 aliphatic carbocycles. The number of amides is 2. The van der Waals surface area contributed by atoms with E-state index in [4.69, 9.17) is 5.73 Å². The second-order valence-corrected chi connectivity index (χ2v) is 6.64. The lowest BCUT2D eigenvalue weighted by molar-refractivity contribution is -0.122. The maximum absolute atomic E-state index is 12.8. The SMILES string of the molecule is CCCc1nc(C(=O)N2Cc3ccccc3C[C@H]2C(N)=O)cs1. The molecule has 0 saturated heterocycles. The van der Waals surface area contributed by atoms with Crippen molar-refractivity contribution in [1.82, 2.24) is 9.88 Å². The highest BCUT2D eigenvalue weighted by atomic mass is 32.1. The zero-order valence-electron chi connectivity index (χ0n) is 13.0. The summed E-state index contributed by atoms with van der Waals surface area (Å²) in [4.78, 5) is 30.6. The van der Waals surface area contributed by atoms with Gasteiger partial charge in [0.15, 0.2) is 0 Å². The van der Waals surface area contributed by atoms with Crippen LogP contribution in [-0.4, -0.2) is 27.7 Å². The average Bonchev–Trinajstić information content (AvgIpc) is 3.02. The fourth-order valence-electron chi connectivity index (χ4n) is 2.88. The van der Waals surface area contributed by atoms with Crippen LogP contribution in [0.15, 0.2) is 29.6 Å². The number of rotatable bonds is 4. The van der Waals surface area contributed by atoms with E-state index in [2.05, 4.69) is 11.9 Å². The molecule has 0 bridgehead atoms. The monoisotopic (exact) mass is 329 g/mol. The van der Waals surface area contributed by atoms with E-state index in [0.29, 0.717) is 18.7 Å².